The van der Waals surface area contributed by atoms with Crippen molar-refractivity contribution in [3.05, 3.63) is 65.5 Å². The predicted molar refractivity (Wildman–Crippen MR) is 97.9 cm³/mol. The zero-order valence-corrected chi connectivity index (χ0v) is 15.2. The third-order valence-corrected chi connectivity index (χ3v) is 3.69. The van der Waals surface area contributed by atoms with E-state index < -0.39 is 29.8 Å². The Hall–Kier alpha value is -3.42. The summed E-state index contributed by atoms with van der Waals surface area (Å²) in [5.41, 5.74) is 0.632. The van der Waals surface area contributed by atoms with E-state index in [0.29, 0.717) is 11.3 Å². The molecule has 0 radical (unpaired) electrons. The average molecular weight is 373 g/mol. The highest BCUT2D eigenvalue weighted by Gasteiger charge is 2.27. The largest absolute Gasteiger partial charge is 0.444 e. The molecule has 0 aliphatic heterocycles. The van der Waals surface area contributed by atoms with Crippen molar-refractivity contribution in [2.45, 2.75) is 6.10 Å². The maximum Gasteiger partial charge on any atom is 0.339 e. The molecule has 0 aromatic heterocycles. The van der Waals surface area contributed by atoms with E-state index in [0.717, 1.165) is 6.07 Å². The summed E-state index contributed by atoms with van der Waals surface area (Å²) in [5, 5.41) is 4.32. The van der Waals surface area contributed by atoms with Gasteiger partial charge in [0.15, 0.2) is 0 Å². The number of carbonyl (C=O) groups is 3. The van der Waals surface area contributed by atoms with Crippen LogP contribution in [0.3, 0.4) is 0 Å². The molecule has 2 N–H and O–H groups in total. The molecular weight excluding hydrogens is 353 g/mol. The summed E-state index contributed by atoms with van der Waals surface area (Å²) in [5.74, 6) is -2.31. The molecule has 0 unspecified atom stereocenters. The van der Waals surface area contributed by atoms with E-state index in [-0.39, 0.29) is 5.56 Å². The van der Waals surface area contributed by atoms with Gasteiger partial charge in [-0.3, -0.25) is 10.1 Å². The minimum absolute atomic E-state index is 0.0493. The number of anilines is 1. The molecule has 0 saturated heterocycles. The lowest BCUT2D eigenvalue weighted by Crippen LogP contribution is -2.41. The average Bonchev–Trinajstić information content (AvgIpc) is 2.65. The zero-order chi connectivity index (χ0) is 20.0. The number of ether oxygens (including phenoxy) is 1. The highest BCUT2D eigenvalue weighted by molar-refractivity contribution is 5.99. The zero-order valence-electron chi connectivity index (χ0n) is 15.2. The molecule has 0 aliphatic carbocycles. The number of nitrogens with one attached hydrogen (secondary N) is 2. The van der Waals surface area contributed by atoms with Gasteiger partial charge in [0.05, 0.1) is 11.3 Å². The second kappa shape index (κ2) is 8.79. The van der Waals surface area contributed by atoms with Crippen LogP contribution >= 0.6 is 0 Å². The normalized spacial score (nSPS) is 11.3. The number of hydrogen-bond acceptors (Lipinski definition) is 5. The number of carbonyl (C=O) groups excluding carboxylic acids is 3. The third kappa shape index (κ3) is 5.04. The molecule has 2 rings (SSSR count). The second-order valence-electron chi connectivity index (χ2n) is 5.83. The highest BCUT2D eigenvalue weighted by Crippen LogP contribution is 2.22. The van der Waals surface area contributed by atoms with Crippen molar-refractivity contribution in [2.75, 3.05) is 26.0 Å². The van der Waals surface area contributed by atoms with E-state index >= 15 is 0 Å². The Morgan fingerprint density at radius 2 is 1.74 bits per heavy atom. The van der Waals surface area contributed by atoms with Gasteiger partial charge in [-0.15, -0.1) is 0 Å². The monoisotopic (exact) mass is 373 g/mol. The van der Waals surface area contributed by atoms with Gasteiger partial charge < -0.3 is 15.0 Å². The van der Waals surface area contributed by atoms with Crippen LogP contribution in [0.15, 0.2) is 48.5 Å². The van der Waals surface area contributed by atoms with Crippen molar-refractivity contribution >= 4 is 23.6 Å². The van der Waals surface area contributed by atoms with Crippen molar-refractivity contribution in [3.8, 4) is 0 Å². The van der Waals surface area contributed by atoms with Crippen LogP contribution in [0.5, 0.6) is 0 Å². The number of esters is 1. The summed E-state index contributed by atoms with van der Waals surface area (Å²) >= 11 is 0. The molecule has 142 valence electrons. The standard InChI is InChI=1S/C19H20FN3O4/c1-21-19(26)22-17(24)16(12-7-5-4-6-8-12)27-18(25)13-9-10-15(23(2)3)14(20)11-13/h4-11,16H,1-3H3,(H2,21,22,24,26)/t16-/m1/s1. The summed E-state index contributed by atoms with van der Waals surface area (Å²) in [7, 11) is 4.69. The van der Waals surface area contributed by atoms with Crippen LogP contribution in [0.1, 0.15) is 22.0 Å². The topological polar surface area (TPSA) is 87.7 Å². The number of hydrogen-bond donors (Lipinski definition) is 2. The lowest BCUT2D eigenvalue weighted by Gasteiger charge is -2.18. The fourth-order valence-electron chi connectivity index (χ4n) is 2.31. The van der Waals surface area contributed by atoms with Crippen LogP contribution in [-0.4, -0.2) is 39.1 Å². The van der Waals surface area contributed by atoms with E-state index in [9.17, 15) is 18.8 Å². The molecule has 0 fully saturated rings. The van der Waals surface area contributed by atoms with E-state index in [4.69, 9.17) is 4.74 Å². The van der Waals surface area contributed by atoms with Gasteiger partial charge in [0.2, 0.25) is 6.10 Å². The smallest absolute Gasteiger partial charge is 0.339 e. The van der Waals surface area contributed by atoms with Gasteiger partial charge in [-0.1, -0.05) is 30.3 Å². The molecule has 3 amide bonds. The number of benzene rings is 2. The summed E-state index contributed by atoms with van der Waals surface area (Å²) in [4.78, 5) is 37.8. The van der Waals surface area contributed by atoms with Gasteiger partial charge in [0.25, 0.3) is 5.91 Å². The van der Waals surface area contributed by atoms with Crippen molar-refractivity contribution < 1.29 is 23.5 Å². The summed E-state index contributed by atoms with van der Waals surface area (Å²) in [6.45, 7) is 0. The van der Waals surface area contributed by atoms with E-state index in [1.54, 1.807) is 49.3 Å². The minimum Gasteiger partial charge on any atom is -0.444 e. The molecule has 0 spiro atoms. The molecule has 0 saturated carbocycles. The van der Waals surface area contributed by atoms with Crippen LogP contribution in [0, 0.1) is 5.82 Å². The Bertz CT molecular complexity index is 840. The first-order valence-electron chi connectivity index (χ1n) is 8.09. The number of halogens is 1. The summed E-state index contributed by atoms with van der Waals surface area (Å²) in [6.07, 6.45) is -1.37. The Morgan fingerprint density at radius 3 is 2.30 bits per heavy atom. The Labute approximate surface area is 156 Å². The van der Waals surface area contributed by atoms with Crippen LogP contribution in [0.25, 0.3) is 0 Å². The van der Waals surface area contributed by atoms with Crippen molar-refractivity contribution in [3.63, 3.8) is 0 Å². The van der Waals surface area contributed by atoms with E-state index in [2.05, 4.69) is 10.6 Å². The number of nitrogens with zero attached hydrogens (tertiary/aromatic N) is 1. The highest BCUT2D eigenvalue weighted by atomic mass is 19.1. The van der Waals surface area contributed by atoms with E-state index in [1.807, 2.05) is 0 Å². The van der Waals surface area contributed by atoms with Crippen LogP contribution in [0.2, 0.25) is 0 Å². The number of amides is 3. The van der Waals surface area contributed by atoms with Crippen molar-refractivity contribution in [1.29, 1.82) is 0 Å². The van der Waals surface area contributed by atoms with Crippen LogP contribution in [-0.2, 0) is 9.53 Å². The molecule has 0 aliphatic rings. The predicted octanol–water partition coefficient (Wildman–Crippen LogP) is 2.25. The molecule has 27 heavy (non-hydrogen) atoms. The van der Waals surface area contributed by atoms with Gasteiger partial charge in [0, 0.05) is 26.7 Å². The quantitative estimate of drug-likeness (QED) is 0.785. The molecule has 7 nitrogen and oxygen atoms in total. The SMILES string of the molecule is CNC(=O)NC(=O)[C@H](OC(=O)c1ccc(N(C)C)c(F)c1)c1ccccc1. The lowest BCUT2D eigenvalue weighted by atomic mass is 10.1. The van der Waals surface area contributed by atoms with Crippen molar-refractivity contribution in [2.24, 2.45) is 0 Å². The molecule has 8 heteroatoms. The van der Waals surface area contributed by atoms with Gasteiger partial charge in [-0.25, -0.2) is 14.0 Å². The lowest BCUT2D eigenvalue weighted by molar-refractivity contribution is -0.129. The Morgan fingerprint density at radius 1 is 1.07 bits per heavy atom. The molecule has 1 atom stereocenters. The van der Waals surface area contributed by atoms with Gasteiger partial charge >= 0.3 is 12.0 Å². The summed E-state index contributed by atoms with van der Waals surface area (Å²) in [6, 6.07) is 11.4. The van der Waals surface area contributed by atoms with Crippen molar-refractivity contribution in [1.82, 2.24) is 10.6 Å². The van der Waals surface area contributed by atoms with E-state index in [1.165, 1.54) is 19.2 Å². The molecular formula is C19H20FN3O4. The first-order valence-corrected chi connectivity index (χ1v) is 8.09. The Balaban J connectivity index is 2.26. The maximum atomic E-state index is 14.1. The first kappa shape index (κ1) is 19.9. The number of urea groups is 1. The minimum atomic E-state index is -1.37. The summed E-state index contributed by atoms with van der Waals surface area (Å²) < 4.78 is 19.4. The molecule has 2 aromatic rings. The van der Waals surface area contributed by atoms with Gasteiger partial charge in [-0.2, -0.15) is 0 Å². The van der Waals surface area contributed by atoms with Crippen LogP contribution < -0.4 is 15.5 Å². The third-order valence-electron chi connectivity index (χ3n) is 3.69. The fraction of sp³-hybridized carbons (Fsp3) is 0.211. The molecule has 2 aromatic carbocycles. The fourth-order valence-corrected chi connectivity index (χ4v) is 2.31. The molecule has 0 heterocycles. The van der Waals surface area contributed by atoms with Gasteiger partial charge in [0.1, 0.15) is 5.82 Å². The first-order chi connectivity index (χ1) is 12.8. The maximum absolute atomic E-state index is 14.1. The van der Waals surface area contributed by atoms with Crippen LogP contribution in [0.4, 0.5) is 14.9 Å². The molecule has 0 bridgehead atoms. The number of rotatable bonds is 5. The Kier molecular flexibility index (Phi) is 6.48. The number of imide groups is 1. The second-order valence-corrected chi connectivity index (χ2v) is 5.83. The van der Waals surface area contributed by atoms with Gasteiger partial charge in [-0.05, 0) is 18.2 Å².